The van der Waals surface area contributed by atoms with E-state index in [9.17, 15) is 9.36 Å². The average Bonchev–Trinajstić information content (AvgIpc) is 1.85. The molecule has 3 N–H and O–H groups in total. The van der Waals surface area contributed by atoms with Gasteiger partial charge in [-0.05, 0) is 6.92 Å². The summed E-state index contributed by atoms with van der Waals surface area (Å²) in [4.78, 5) is 27.5. The molecular formula is C4H9ClNO4P. The van der Waals surface area contributed by atoms with Gasteiger partial charge in [-0.2, -0.15) is 0 Å². The second kappa shape index (κ2) is 4.07. The maximum absolute atomic E-state index is 10.5. The molecule has 0 radical (unpaired) electrons. The summed E-state index contributed by atoms with van der Waals surface area (Å²) in [7, 11) is -4.21. The van der Waals surface area contributed by atoms with Crippen molar-refractivity contribution in [2.45, 2.75) is 12.7 Å². The molecule has 0 aliphatic heterocycles. The van der Waals surface area contributed by atoms with Gasteiger partial charge in [0, 0.05) is 0 Å². The van der Waals surface area contributed by atoms with Crippen molar-refractivity contribution in [3.8, 4) is 0 Å². The lowest BCUT2D eigenvalue weighted by Gasteiger charge is -2.13. The van der Waals surface area contributed by atoms with Crippen LogP contribution in [0.3, 0.4) is 0 Å². The third-order valence-electron chi connectivity index (χ3n) is 0.996. The van der Waals surface area contributed by atoms with Gasteiger partial charge in [-0.3, -0.25) is 9.36 Å². The molecule has 0 fully saturated rings. The zero-order valence-electron chi connectivity index (χ0n) is 5.82. The summed E-state index contributed by atoms with van der Waals surface area (Å²) in [6.45, 7) is 1.21. The van der Waals surface area contributed by atoms with Crippen molar-refractivity contribution in [2.24, 2.45) is 0 Å². The Morgan fingerprint density at radius 3 is 2.45 bits per heavy atom. The predicted molar refractivity (Wildman–Crippen MR) is 40.4 cm³/mol. The second-order valence-electron chi connectivity index (χ2n) is 1.97. The maximum atomic E-state index is 10.5. The monoisotopic (exact) mass is 201 g/mol. The molecule has 0 aliphatic rings. The normalized spacial score (nSPS) is 14.2. The first-order chi connectivity index (χ1) is 4.88. The Morgan fingerprint density at radius 2 is 2.18 bits per heavy atom. The number of rotatable bonds is 3. The second-order valence-corrected chi connectivity index (χ2v) is 4.19. The molecule has 7 heteroatoms. The summed E-state index contributed by atoms with van der Waals surface area (Å²) in [5.74, 6) is -2.07. The Balaban J connectivity index is 3.98. The SMILES string of the molecule is CC(NC(=O)CCl)P(=O)(O)O. The number of carbonyl (C=O) groups excluding carboxylic acids is 1. The van der Waals surface area contributed by atoms with E-state index in [0.29, 0.717) is 0 Å². The van der Waals surface area contributed by atoms with E-state index in [1.54, 1.807) is 0 Å². The minimum Gasteiger partial charge on any atom is -0.341 e. The third kappa shape index (κ3) is 4.37. The van der Waals surface area contributed by atoms with E-state index in [2.05, 4.69) is 0 Å². The van der Waals surface area contributed by atoms with Gasteiger partial charge in [-0.1, -0.05) is 0 Å². The van der Waals surface area contributed by atoms with Gasteiger partial charge in [0.2, 0.25) is 5.91 Å². The van der Waals surface area contributed by atoms with Crippen molar-refractivity contribution in [1.82, 2.24) is 5.32 Å². The molecule has 66 valence electrons. The van der Waals surface area contributed by atoms with Crippen LogP contribution in [0.5, 0.6) is 0 Å². The minimum absolute atomic E-state index is 0.301. The van der Waals surface area contributed by atoms with E-state index in [-0.39, 0.29) is 5.88 Å². The zero-order valence-corrected chi connectivity index (χ0v) is 7.47. The molecule has 11 heavy (non-hydrogen) atoms. The van der Waals surface area contributed by atoms with Crippen molar-refractivity contribution >= 4 is 25.1 Å². The molecule has 1 atom stereocenters. The molecule has 1 amide bonds. The number of hydrogen-bond acceptors (Lipinski definition) is 2. The molecule has 0 bridgehead atoms. The molecule has 1 unspecified atom stereocenters. The van der Waals surface area contributed by atoms with Gasteiger partial charge in [-0.15, -0.1) is 11.6 Å². The predicted octanol–water partition coefficient (Wildman–Crippen LogP) is -0.135. The van der Waals surface area contributed by atoms with Crippen molar-refractivity contribution in [1.29, 1.82) is 0 Å². The van der Waals surface area contributed by atoms with E-state index >= 15 is 0 Å². The Bertz CT molecular complexity index is 191. The lowest BCUT2D eigenvalue weighted by atomic mass is 10.6. The molecule has 0 aromatic rings. The zero-order chi connectivity index (χ0) is 9.07. The molecule has 0 rings (SSSR count). The highest BCUT2D eigenvalue weighted by Crippen LogP contribution is 2.38. The van der Waals surface area contributed by atoms with Crippen molar-refractivity contribution in [3.05, 3.63) is 0 Å². The summed E-state index contributed by atoms with van der Waals surface area (Å²) in [6, 6.07) is 0. The van der Waals surface area contributed by atoms with Crippen molar-refractivity contribution < 1.29 is 19.1 Å². The molecule has 5 nitrogen and oxygen atoms in total. The molecule has 0 spiro atoms. The van der Waals surface area contributed by atoms with Gasteiger partial charge in [0.15, 0.2) is 0 Å². The highest BCUT2D eigenvalue weighted by molar-refractivity contribution is 7.52. The Hall–Kier alpha value is -0.0900. The van der Waals surface area contributed by atoms with Crippen LogP contribution in [0.2, 0.25) is 0 Å². The largest absolute Gasteiger partial charge is 0.347 e. The van der Waals surface area contributed by atoms with Crippen LogP contribution in [0, 0.1) is 0 Å². The van der Waals surface area contributed by atoms with E-state index in [1.165, 1.54) is 6.92 Å². The smallest absolute Gasteiger partial charge is 0.341 e. The van der Waals surface area contributed by atoms with Gasteiger partial charge in [0.25, 0.3) is 0 Å². The van der Waals surface area contributed by atoms with Crippen molar-refractivity contribution in [3.63, 3.8) is 0 Å². The number of nitrogens with one attached hydrogen (secondary N) is 1. The van der Waals surface area contributed by atoms with Crippen LogP contribution < -0.4 is 5.32 Å². The first-order valence-corrected chi connectivity index (χ1v) is 5.00. The molecule has 0 aromatic heterocycles. The number of amides is 1. The number of hydrogen-bond donors (Lipinski definition) is 3. The summed E-state index contributed by atoms with van der Waals surface area (Å²) in [5, 5.41) is 2.04. The van der Waals surface area contributed by atoms with Crippen LogP contribution in [0.15, 0.2) is 0 Å². The molecule has 0 saturated heterocycles. The Kier molecular flexibility index (Phi) is 4.03. The quantitative estimate of drug-likeness (QED) is 0.438. The Morgan fingerprint density at radius 1 is 1.73 bits per heavy atom. The lowest BCUT2D eigenvalue weighted by molar-refractivity contribution is -0.118. The van der Waals surface area contributed by atoms with E-state index in [0.717, 1.165) is 0 Å². The number of alkyl halides is 1. The van der Waals surface area contributed by atoms with Crippen LogP contribution in [0.25, 0.3) is 0 Å². The van der Waals surface area contributed by atoms with E-state index in [1.807, 2.05) is 5.32 Å². The first-order valence-electron chi connectivity index (χ1n) is 2.78. The Labute approximate surface area is 68.9 Å². The maximum Gasteiger partial charge on any atom is 0.347 e. The fourth-order valence-electron chi connectivity index (χ4n) is 0.356. The van der Waals surface area contributed by atoms with Gasteiger partial charge in [0.1, 0.15) is 11.7 Å². The minimum atomic E-state index is -4.21. The van der Waals surface area contributed by atoms with Crippen LogP contribution in [0.1, 0.15) is 6.92 Å². The van der Waals surface area contributed by atoms with Crippen LogP contribution in [0.4, 0.5) is 0 Å². The number of halogens is 1. The third-order valence-corrected chi connectivity index (χ3v) is 2.38. The average molecular weight is 202 g/mol. The number of carbonyl (C=O) groups is 1. The van der Waals surface area contributed by atoms with Crippen molar-refractivity contribution in [2.75, 3.05) is 5.88 Å². The fraction of sp³-hybridized carbons (Fsp3) is 0.750. The molecule has 0 aromatic carbocycles. The molecular weight excluding hydrogens is 192 g/mol. The van der Waals surface area contributed by atoms with Gasteiger partial charge in [0.05, 0.1) is 0 Å². The lowest BCUT2D eigenvalue weighted by Crippen LogP contribution is -2.33. The van der Waals surface area contributed by atoms with Gasteiger partial charge < -0.3 is 15.1 Å². The highest BCUT2D eigenvalue weighted by Gasteiger charge is 2.24. The van der Waals surface area contributed by atoms with E-state index < -0.39 is 19.3 Å². The highest BCUT2D eigenvalue weighted by atomic mass is 35.5. The molecule has 0 aliphatic carbocycles. The van der Waals surface area contributed by atoms with Crippen LogP contribution in [-0.2, 0) is 9.36 Å². The fourth-order valence-corrected chi connectivity index (χ4v) is 0.745. The summed E-state index contributed by atoms with van der Waals surface area (Å²) in [6.07, 6.45) is 0. The topological polar surface area (TPSA) is 86.6 Å². The molecule has 0 heterocycles. The molecule has 0 saturated carbocycles. The van der Waals surface area contributed by atoms with Gasteiger partial charge in [-0.25, -0.2) is 0 Å². The summed E-state index contributed by atoms with van der Waals surface area (Å²) >= 11 is 5.08. The van der Waals surface area contributed by atoms with Crippen LogP contribution >= 0.6 is 19.2 Å². The van der Waals surface area contributed by atoms with Crippen LogP contribution in [-0.4, -0.2) is 27.4 Å². The van der Waals surface area contributed by atoms with E-state index in [4.69, 9.17) is 21.4 Å². The summed E-state index contributed by atoms with van der Waals surface area (Å²) in [5.41, 5.74) is 0. The standard InChI is InChI=1S/C4H9ClNO4P/c1-3(11(8,9)10)6-4(7)2-5/h3H,2H2,1H3,(H,6,7)(H2,8,9,10). The first kappa shape index (κ1) is 10.9. The summed E-state index contributed by atoms with van der Waals surface area (Å²) < 4.78 is 10.4. The van der Waals surface area contributed by atoms with Gasteiger partial charge >= 0.3 is 7.60 Å².